The summed E-state index contributed by atoms with van der Waals surface area (Å²) in [6, 6.07) is 14.1. The number of carboxylic acid groups (broad SMARTS) is 1. The fraction of sp³-hybridized carbons (Fsp3) is 0. The van der Waals surface area contributed by atoms with E-state index in [4.69, 9.17) is 0 Å². The largest absolute Gasteiger partial charge is 0.507 e. The molecule has 0 saturated heterocycles. The van der Waals surface area contributed by atoms with Crippen LogP contribution in [-0.2, 0) is 0 Å². The molecule has 3 aromatic rings. The Morgan fingerprint density at radius 3 is 2.60 bits per heavy atom. The molecule has 0 radical (unpaired) electrons. The first kappa shape index (κ1) is 12.2. The lowest BCUT2D eigenvalue weighted by Crippen LogP contribution is -2.01. The summed E-state index contributed by atoms with van der Waals surface area (Å²) in [5.74, 6) is -1.43. The molecule has 0 aliphatic rings. The van der Waals surface area contributed by atoms with E-state index in [0.29, 0.717) is 11.3 Å². The highest BCUT2D eigenvalue weighted by Gasteiger charge is 2.18. The topological polar surface area (TPSA) is 70.4 Å². The van der Waals surface area contributed by atoms with Crippen LogP contribution >= 0.6 is 0 Å². The van der Waals surface area contributed by atoms with Crippen LogP contribution in [0.1, 0.15) is 10.4 Å². The van der Waals surface area contributed by atoms with Crippen molar-refractivity contribution in [3.63, 3.8) is 0 Å². The molecule has 4 heteroatoms. The molecule has 98 valence electrons. The molecule has 2 aromatic carbocycles. The van der Waals surface area contributed by atoms with Gasteiger partial charge in [-0.2, -0.15) is 0 Å². The second kappa shape index (κ2) is 4.66. The number of aromatic hydroxyl groups is 1. The SMILES string of the molecule is O=C(O)c1c(O)cccc1-c1nccc2ccccc12. The molecule has 0 fully saturated rings. The summed E-state index contributed by atoms with van der Waals surface area (Å²) in [7, 11) is 0. The first-order valence-electron chi connectivity index (χ1n) is 6.08. The third kappa shape index (κ3) is 1.87. The van der Waals surface area contributed by atoms with Gasteiger partial charge in [-0.3, -0.25) is 4.98 Å². The van der Waals surface area contributed by atoms with Crippen molar-refractivity contribution in [1.29, 1.82) is 0 Å². The average Bonchev–Trinajstić information content (AvgIpc) is 2.46. The molecular formula is C16H11NO3. The number of carboxylic acids is 1. The van der Waals surface area contributed by atoms with Gasteiger partial charge in [0.2, 0.25) is 0 Å². The predicted octanol–water partition coefficient (Wildman–Crippen LogP) is 3.31. The maximum Gasteiger partial charge on any atom is 0.340 e. The van der Waals surface area contributed by atoms with Crippen molar-refractivity contribution >= 4 is 16.7 Å². The van der Waals surface area contributed by atoms with Crippen molar-refractivity contribution in [2.24, 2.45) is 0 Å². The van der Waals surface area contributed by atoms with Crippen LogP contribution in [0, 0.1) is 0 Å². The van der Waals surface area contributed by atoms with Gasteiger partial charge in [-0.1, -0.05) is 36.4 Å². The van der Waals surface area contributed by atoms with Crippen molar-refractivity contribution in [2.45, 2.75) is 0 Å². The van der Waals surface area contributed by atoms with Crippen LogP contribution in [0.5, 0.6) is 5.75 Å². The van der Waals surface area contributed by atoms with Crippen LogP contribution in [0.2, 0.25) is 0 Å². The molecule has 0 saturated carbocycles. The lowest BCUT2D eigenvalue weighted by molar-refractivity contribution is 0.0694. The van der Waals surface area contributed by atoms with E-state index in [9.17, 15) is 15.0 Å². The summed E-state index contributed by atoms with van der Waals surface area (Å²) in [6.07, 6.45) is 1.63. The third-order valence-corrected chi connectivity index (χ3v) is 3.19. The Kier molecular flexibility index (Phi) is 2.84. The van der Waals surface area contributed by atoms with Gasteiger partial charge in [-0.05, 0) is 17.5 Å². The Balaban J connectivity index is 2.37. The first-order valence-corrected chi connectivity index (χ1v) is 6.08. The zero-order chi connectivity index (χ0) is 14.1. The van der Waals surface area contributed by atoms with Crippen LogP contribution in [0.4, 0.5) is 0 Å². The molecule has 1 aromatic heterocycles. The Hall–Kier alpha value is -2.88. The average molecular weight is 265 g/mol. The van der Waals surface area contributed by atoms with Crippen LogP contribution < -0.4 is 0 Å². The summed E-state index contributed by atoms with van der Waals surface area (Å²) >= 11 is 0. The molecule has 0 atom stereocenters. The molecule has 4 nitrogen and oxygen atoms in total. The zero-order valence-corrected chi connectivity index (χ0v) is 10.4. The fourth-order valence-corrected chi connectivity index (χ4v) is 2.30. The quantitative estimate of drug-likeness (QED) is 0.745. The lowest BCUT2D eigenvalue weighted by atomic mass is 9.99. The highest BCUT2D eigenvalue weighted by molar-refractivity contribution is 6.03. The number of nitrogens with zero attached hydrogens (tertiary/aromatic N) is 1. The molecule has 3 rings (SSSR count). The van der Waals surface area contributed by atoms with E-state index < -0.39 is 5.97 Å². The Morgan fingerprint density at radius 2 is 1.80 bits per heavy atom. The van der Waals surface area contributed by atoms with Gasteiger partial charge in [-0.25, -0.2) is 4.79 Å². The van der Waals surface area contributed by atoms with E-state index in [2.05, 4.69) is 4.98 Å². The Morgan fingerprint density at radius 1 is 1.00 bits per heavy atom. The van der Waals surface area contributed by atoms with Crippen LogP contribution in [0.15, 0.2) is 54.7 Å². The number of rotatable bonds is 2. The number of aromatic carboxylic acids is 1. The van der Waals surface area contributed by atoms with Crippen LogP contribution in [-0.4, -0.2) is 21.2 Å². The second-order valence-electron chi connectivity index (χ2n) is 4.39. The smallest absolute Gasteiger partial charge is 0.340 e. The van der Waals surface area contributed by atoms with E-state index in [-0.39, 0.29) is 11.3 Å². The predicted molar refractivity (Wildman–Crippen MR) is 75.8 cm³/mol. The highest BCUT2D eigenvalue weighted by atomic mass is 16.4. The number of hydrogen-bond donors (Lipinski definition) is 2. The van der Waals surface area contributed by atoms with Gasteiger partial charge < -0.3 is 10.2 Å². The number of pyridine rings is 1. The molecule has 20 heavy (non-hydrogen) atoms. The Labute approximate surface area is 115 Å². The van der Waals surface area contributed by atoms with Gasteiger partial charge in [0.1, 0.15) is 11.3 Å². The molecule has 0 aliphatic heterocycles. The number of aromatic nitrogens is 1. The van der Waals surface area contributed by atoms with Gasteiger partial charge in [0.15, 0.2) is 0 Å². The van der Waals surface area contributed by atoms with Crippen molar-refractivity contribution < 1.29 is 15.0 Å². The standard InChI is InChI=1S/C16H11NO3/c18-13-7-3-6-12(14(13)16(19)20)15-11-5-2-1-4-10(11)8-9-17-15/h1-9,18H,(H,19,20). The molecule has 0 amide bonds. The third-order valence-electron chi connectivity index (χ3n) is 3.19. The number of fused-ring (bicyclic) bond motifs is 1. The van der Waals surface area contributed by atoms with Gasteiger partial charge in [0, 0.05) is 17.1 Å². The first-order chi connectivity index (χ1) is 9.68. The van der Waals surface area contributed by atoms with Crippen molar-refractivity contribution in [3.8, 4) is 17.0 Å². The molecule has 2 N–H and O–H groups in total. The van der Waals surface area contributed by atoms with Gasteiger partial charge in [0.25, 0.3) is 0 Å². The minimum atomic E-state index is -1.17. The zero-order valence-electron chi connectivity index (χ0n) is 10.4. The van der Waals surface area contributed by atoms with Gasteiger partial charge in [-0.15, -0.1) is 0 Å². The number of carbonyl (C=O) groups is 1. The number of benzene rings is 2. The molecule has 0 unspecified atom stereocenters. The maximum atomic E-state index is 11.4. The summed E-state index contributed by atoms with van der Waals surface area (Å²) in [6.45, 7) is 0. The van der Waals surface area contributed by atoms with Crippen LogP contribution in [0.3, 0.4) is 0 Å². The fourth-order valence-electron chi connectivity index (χ4n) is 2.30. The highest BCUT2D eigenvalue weighted by Crippen LogP contribution is 2.32. The van der Waals surface area contributed by atoms with E-state index in [1.54, 1.807) is 18.3 Å². The van der Waals surface area contributed by atoms with Crippen LogP contribution in [0.25, 0.3) is 22.0 Å². The lowest BCUT2D eigenvalue weighted by Gasteiger charge is -2.09. The molecule has 1 heterocycles. The van der Waals surface area contributed by atoms with E-state index >= 15 is 0 Å². The monoisotopic (exact) mass is 265 g/mol. The summed E-state index contributed by atoms with van der Waals surface area (Å²) in [5.41, 5.74) is 0.835. The maximum absolute atomic E-state index is 11.4. The second-order valence-corrected chi connectivity index (χ2v) is 4.39. The van der Waals surface area contributed by atoms with Crippen molar-refractivity contribution in [2.75, 3.05) is 0 Å². The molecule has 0 bridgehead atoms. The van der Waals surface area contributed by atoms with Gasteiger partial charge in [0.05, 0.1) is 5.69 Å². The van der Waals surface area contributed by atoms with Gasteiger partial charge >= 0.3 is 5.97 Å². The van der Waals surface area contributed by atoms with Crippen molar-refractivity contribution in [1.82, 2.24) is 4.98 Å². The normalized spacial score (nSPS) is 10.6. The number of hydrogen-bond acceptors (Lipinski definition) is 3. The van der Waals surface area contributed by atoms with E-state index in [1.807, 2.05) is 30.3 Å². The minimum Gasteiger partial charge on any atom is -0.507 e. The minimum absolute atomic E-state index is 0.128. The molecule has 0 aliphatic carbocycles. The van der Waals surface area contributed by atoms with Crippen molar-refractivity contribution in [3.05, 3.63) is 60.3 Å². The Bertz CT molecular complexity index is 806. The summed E-state index contributed by atoms with van der Waals surface area (Å²) in [4.78, 5) is 15.7. The van der Waals surface area contributed by atoms with E-state index in [1.165, 1.54) is 6.07 Å². The molecule has 0 spiro atoms. The number of phenols is 1. The van der Waals surface area contributed by atoms with E-state index in [0.717, 1.165) is 10.8 Å². The summed E-state index contributed by atoms with van der Waals surface area (Å²) in [5, 5.41) is 20.9. The summed E-state index contributed by atoms with van der Waals surface area (Å²) < 4.78 is 0. The molecular weight excluding hydrogens is 254 g/mol.